The third-order valence-corrected chi connectivity index (χ3v) is 7.72. The largest absolute Gasteiger partial charge is 0.0625 e. The minimum atomic E-state index is 0.213. The monoisotopic (exact) mass is 368 g/mol. The van der Waals surface area contributed by atoms with Gasteiger partial charge in [0.15, 0.2) is 0 Å². The van der Waals surface area contributed by atoms with Crippen molar-refractivity contribution in [3.05, 3.63) is 34.9 Å². The van der Waals surface area contributed by atoms with Gasteiger partial charge in [-0.15, -0.1) is 0 Å². The molecule has 0 heterocycles. The normalized spacial score (nSPS) is 32.0. The molecule has 2 aliphatic rings. The van der Waals surface area contributed by atoms with Crippen LogP contribution in [0.5, 0.6) is 0 Å². The van der Waals surface area contributed by atoms with E-state index in [1.54, 1.807) is 5.56 Å². The molecule has 0 saturated heterocycles. The van der Waals surface area contributed by atoms with Crippen LogP contribution in [0.4, 0.5) is 0 Å². The van der Waals surface area contributed by atoms with Gasteiger partial charge in [0.1, 0.15) is 0 Å². The first-order valence-electron chi connectivity index (χ1n) is 11.5. The summed E-state index contributed by atoms with van der Waals surface area (Å²) in [5.41, 5.74) is 5.13. The molecule has 2 aliphatic carbocycles. The van der Waals surface area contributed by atoms with Crippen LogP contribution in [-0.4, -0.2) is 0 Å². The standard InChI is InChI=1S/C27H44/c1-17(2)19-12-20-10-18(3)11-24(20)25(15-19)21-13-22(26(4,5)6)16-23(14-21)27(7,8)9/h13-14,16-20,24-25H,10-12,15H2,1-9H3. The first kappa shape index (κ1) is 20.9. The molecule has 0 amide bonds. The Kier molecular flexibility index (Phi) is 5.61. The molecular weight excluding hydrogens is 324 g/mol. The highest BCUT2D eigenvalue weighted by Crippen LogP contribution is 2.55. The highest BCUT2D eigenvalue weighted by Gasteiger charge is 2.44. The fraction of sp³-hybridized carbons (Fsp3) is 0.778. The Labute approximate surface area is 169 Å². The third-order valence-electron chi connectivity index (χ3n) is 7.72. The fourth-order valence-corrected chi connectivity index (χ4v) is 5.85. The molecule has 2 saturated carbocycles. The lowest BCUT2D eigenvalue weighted by Gasteiger charge is -2.41. The molecular formula is C27H44. The number of fused-ring (bicyclic) bond motifs is 1. The van der Waals surface area contributed by atoms with Crippen molar-refractivity contribution in [2.45, 2.75) is 105 Å². The first-order chi connectivity index (χ1) is 12.4. The summed E-state index contributed by atoms with van der Waals surface area (Å²) in [5.74, 6) is 5.28. The smallest absolute Gasteiger partial charge is 0.0128 e. The van der Waals surface area contributed by atoms with Crippen LogP contribution in [-0.2, 0) is 10.8 Å². The van der Waals surface area contributed by atoms with Crippen molar-refractivity contribution in [3.8, 4) is 0 Å². The Morgan fingerprint density at radius 2 is 1.33 bits per heavy atom. The van der Waals surface area contributed by atoms with Crippen molar-refractivity contribution in [1.29, 1.82) is 0 Å². The molecule has 3 rings (SSSR count). The van der Waals surface area contributed by atoms with Gasteiger partial charge in [0, 0.05) is 0 Å². The molecule has 1 aromatic carbocycles. The van der Waals surface area contributed by atoms with Crippen molar-refractivity contribution in [1.82, 2.24) is 0 Å². The van der Waals surface area contributed by atoms with Crippen LogP contribution in [0.25, 0.3) is 0 Å². The van der Waals surface area contributed by atoms with Gasteiger partial charge in [0.25, 0.3) is 0 Å². The zero-order chi connectivity index (χ0) is 20.1. The Morgan fingerprint density at radius 3 is 1.81 bits per heavy atom. The summed E-state index contributed by atoms with van der Waals surface area (Å²) in [4.78, 5) is 0. The van der Waals surface area contributed by atoms with Crippen molar-refractivity contribution in [2.24, 2.45) is 29.6 Å². The summed E-state index contributed by atoms with van der Waals surface area (Å²) in [6.45, 7) is 21.6. The number of rotatable bonds is 2. The Morgan fingerprint density at radius 1 is 0.778 bits per heavy atom. The van der Waals surface area contributed by atoms with E-state index in [0.29, 0.717) is 0 Å². The van der Waals surface area contributed by atoms with E-state index in [4.69, 9.17) is 0 Å². The van der Waals surface area contributed by atoms with E-state index >= 15 is 0 Å². The van der Waals surface area contributed by atoms with Crippen LogP contribution in [0.15, 0.2) is 18.2 Å². The van der Waals surface area contributed by atoms with Crippen LogP contribution in [0.2, 0.25) is 0 Å². The molecule has 0 heteroatoms. The van der Waals surface area contributed by atoms with E-state index in [1.165, 1.54) is 36.8 Å². The van der Waals surface area contributed by atoms with E-state index in [0.717, 1.165) is 35.5 Å². The summed E-state index contributed by atoms with van der Waals surface area (Å²) in [5, 5.41) is 0. The van der Waals surface area contributed by atoms with Gasteiger partial charge in [-0.2, -0.15) is 0 Å². The molecule has 0 bridgehead atoms. The van der Waals surface area contributed by atoms with E-state index in [9.17, 15) is 0 Å². The molecule has 0 N–H and O–H groups in total. The van der Waals surface area contributed by atoms with Crippen LogP contribution in [0.3, 0.4) is 0 Å². The van der Waals surface area contributed by atoms with Crippen molar-refractivity contribution in [3.63, 3.8) is 0 Å². The summed E-state index contributed by atoms with van der Waals surface area (Å²) in [6, 6.07) is 7.66. The van der Waals surface area contributed by atoms with Crippen LogP contribution < -0.4 is 0 Å². The second-order valence-electron chi connectivity index (χ2n) is 12.4. The maximum absolute atomic E-state index is 2.59. The van der Waals surface area contributed by atoms with Gasteiger partial charge in [0.05, 0.1) is 0 Å². The highest BCUT2D eigenvalue weighted by molar-refractivity contribution is 5.39. The third kappa shape index (κ3) is 4.46. The second kappa shape index (κ2) is 7.23. The van der Waals surface area contributed by atoms with E-state index < -0.39 is 0 Å². The molecule has 5 atom stereocenters. The molecule has 2 fully saturated rings. The fourth-order valence-electron chi connectivity index (χ4n) is 5.85. The molecule has 0 aromatic heterocycles. The van der Waals surface area contributed by atoms with Gasteiger partial charge in [0.2, 0.25) is 0 Å². The summed E-state index contributed by atoms with van der Waals surface area (Å²) >= 11 is 0. The molecule has 0 spiro atoms. The highest BCUT2D eigenvalue weighted by atomic mass is 14.5. The van der Waals surface area contributed by atoms with Crippen molar-refractivity contribution in [2.75, 3.05) is 0 Å². The molecule has 152 valence electrons. The zero-order valence-corrected chi connectivity index (χ0v) is 19.5. The Balaban J connectivity index is 2.06. The van der Waals surface area contributed by atoms with Gasteiger partial charge < -0.3 is 0 Å². The predicted octanol–water partition coefficient (Wildman–Crippen LogP) is 8.09. The first-order valence-corrected chi connectivity index (χ1v) is 11.5. The minimum Gasteiger partial charge on any atom is -0.0625 e. The molecule has 5 unspecified atom stereocenters. The summed E-state index contributed by atoms with van der Waals surface area (Å²) in [6.07, 6.45) is 5.80. The van der Waals surface area contributed by atoms with Gasteiger partial charge in [-0.3, -0.25) is 0 Å². The topological polar surface area (TPSA) is 0 Å². The number of hydrogen-bond donors (Lipinski definition) is 0. The molecule has 0 radical (unpaired) electrons. The van der Waals surface area contributed by atoms with Gasteiger partial charge in [-0.1, -0.05) is 80.5 Å². The molecule has 1 aromatic rings. The van der Waals surface area contributed by atoms with Gasteiger partial charge in [-0.05, 0) is 88.7 Å². The average Bonchev–Trinajstić information content (AvgIpc) is 2.91. The van der Waals surface area contributed by atoms with Crippen LogP contribution in [0, 0.1) is 29.6 Å². The van der Waals surface area contributed by atoms with Crippen LogP contribution in [0.1, 0.15) is 111 Å². The lowest BCUT2D eigenvalue weighted by molar-refractivity contribution is 0.144. The summed E-state index contributed by atoms with van der Waals surface area (Å²) in [7, 11) is 0. The number of hydrogen-bond acceptors (Lipinski definition) is 0. The molecule has 27 heavy (non-hydrogen) atoms. The Hall–Kier alpha value is -0.780. The van der Waals surface area contributed by atoms with Gasteiger partial charge >= 0.3 is 0 Å². The maximum atomic E-state index is 2.59. The molecule has 0 aliphatic heterocycles. The van der Waals surface area contributed by atoms with E-state index in [1.807, 2.05) is 0 Å². The lowest BCUT2D eigenvalue weighted by atomic mass is 9.63. The minimum absolute atomic E-state index is 0.213. The SMILES string of the molecule is CC1CC2CC(C(C)C)CC(c3cc(C(C)(C)C)cc(C(C)(C)C)c3)C2C1. The van der Waals surface area contributed by atoms with Gasteiger partial charge in [-0.25, -0.2) is 0 Å². The van der Waals surface area contributed by atoms with E-state index in [2.05, 4.69) is 80.5 Å². The number of benzene rings is 1. The summed E-state index contributed by atoms with van der Waals surface area (Å²) < 4.78 is 0. The lowest BCUT2D eigenvalue weighted by Crippen LogP contribution is -2.31. The van der Waals surface area contributed by atoms with Crippen molar-refractivity contribution < 1.29 is 0 Å². The molecule has 0 nitrogen and oxygen atoms in total. The predicted molar refractivity (Wildman–Crippen MR) is 120 cm³/mol. The maximum Gasteiger partial charge on any atom is -0.0128 e. The quantitative estimate of drug-likeness (QED) is 0.494. The van der Waals surface area contributed by atoms with Crippen LogP contribution >= 0.6 is 0 Å². The Bertz CT molecular complexity index is 619. The second-order valence-corrected chi connectivity index (χ2v) is 12.4. The van der Waals surface area contributed by atoms with Crippen molar-refractivity contribution >= 4 is 0 Å². The average molecular weight is 369 g/mol. The zero-order valence-electron chi connectivity index (χ0n) is 19.5. The van der Waals surface area contributed by atoms with E-state index in [-0.39, 0.29) is 10.8 Å².